The van der Waals surface area contributed by atoms with E-state index in [1.165, 1.54) is 17.3 Å². The highest BCUT2D eigenvalue weighted by Crippen LogP contribution is 2.27. The lowest BCUT2D eigenvalue weighted by molar-refractivity contribution is -0.120. The predicted octanol–water partition coefficient (Wildman–Crippen LogP) is 4.67. The summed E-state index contributed by atoms with van der Waals surface area (Å²) in [6, 6.07) is 18.6. The van der Waals surface area contributed by atoms with Crippen molar-refractivity contribution in [2.24, 2.45) is 0 Å². The highest BCUT2D eigenvalue weighted by atomic mass is 32.2. The fourth-order valence-electron chi connectivity index (χ4n) is 3.12. The molecule has 0 spiro atoms. The number of carbonyl (C=O) groups is 1. The van der Waals surface area contributed by atoms with Crippen LogP contribution in [0.25, 0.3) is 11.0 Å². The minimum atomic E-state index is -0.189. The van der Waals surface area contributed by atoms with E-state index in [0.29, 0.717) is 0 Å². The molecule has 0 radical (unpaired) electrons. The number of para-hydroxylation sites is 2. The van der Waals surface area contributed by atoms with Crippen LogP contribution in [-0.2, 0) is 17.8 Å². The molecule has 4 nitrogen and oxygen atoms in total. The van der Waals surface area contributed by atoms with Crippen molar-refractivity contribution in [2.45, 2.75) is 56.6 Å². The summed E-state index contributed by atoms with van der Waals surface area (Å²) in [6.45, 7) is 6.96. The fraction of sp³-hybridized carbons (Fsp3) is 0.364. The molecule has 0 saturated heterocycles. The van der Waals surface area contributed by atoms with Gasteiger partial charge < -0.3 is 9.88 Å². The van der Waals surface area contributed by atoms with Crippen molar-refractivity contribution >= 4 is 28.7 Å². The van der Waals surface area contributed by atoms with Crippen LogP contribution in [0.15, 0.2) is 59.8 Å². The van der Waals surface area contributed by atoms with E-state index in [4.69, 9.17) is 4.98 Å². The third-order valence-corrected chi connectivity index (χ3v) is 5.77. The summed E-state index contributed by atoms with van der Waals surface area (Å²) < 4.78 is 2.17. The van der Waals surface area contributed by atoms with Crippen LogP contribution in [0, 0.1) is 0 Å². The lowest BCUT2D eigenvalue weighted by atomic mass is 10.1. The molecule has 27 heavy (non-hydrogen) atoms. The maximum absolute atomic E-state index is 12.6. The average molecular weight is 382 g/mol. The molecule has 1 amide bonds. The van der Waals surface area contributed by atoms with Gasteiger partial charge in [0.15, 0.2) is 5.16 Å². The van der Waals surface area contributed by atoms with E-state index in [9.17, 15) is 4.79 Å². The Labute approximate surface area is 165 Å². The number of benzene rings is 2. The number of nitrogens with zero attached hydrogens (tertiary/aromatic N) is 2. The van der Waals surface area contributed by atoms with Crippen molar-refractivity contribution in [3.8, 4) is 0 Å². The minimum absolute atomic E-state index is 0.0651. The molecule has 0 bridgehead atoms. The zero-order chi connectivity index (χ0) is 19.2. The molecular formula is C22H27N3OS. The van der Waals surface area contributed by atoms with E-state index >= 15 is 0 Å². The summed E-state index contributed by atoms with van der Waals surface area (Å²) in [5.74, 6) is 0.0651. The summed E-state index contributed by atoms with van der Waals surface area (Å²) in [4.78, 5) is 17.3. The lowest BCUT2D eigenvalue weighted by Crippen LogP contribution is -2.38. The average Bonchev–Trinajstić information content (AvgIpc) is 3.04. The molecule has 1 heterocycles. The monoisotopic (exact) mass is 381 g/mol. The number of amides is 1. The number of thioether (sulfide) groups is 1. The van der Waals surface area contributed by atoms with Gasteiger partial charge in [-0.2, -0.15) is 0 Å². The smallest absolute Gasteiger partial charge is 0.233 e. The van der Waals surface area contributed by atoms with Crippen LogP contribution in [0.4, 0.5) is 0 Å². The molecule has 142 valence electrons. The Morgan fingerprint density at radius 3 is 2.56 bits per heavy atom. The number of fused-ring (bicyclic) bond motifs is 1. The maximum atomic E-state index is 12.6. The van der Waals surface area contributed by atoms with Crippen LogP contribution in [-0.4, -0.2) is 26.8 Å². The number of imidazole rings is 1. The van der Waals surface area contributed by atoms with E-state index in [2.05, 4.69) is 54.1 Å². The van der Waals surface area contributed by atoms with Gasteiger partial charge in [-0.05, 0) is 51.3 Å². The van der Waals surface area contributed by atoms with Gasteiger partial charge in [0.2, 0.25) is 5.91 Å². The number of hydrogen-bond donors (Lipinski definition) is 1. The van der Waals surface area contributed by atoms with Crippen LogP contribution in [0.5, 0.6) is 0 Å². The summed E-state index contributed by atoms with van der Waals surface area (Å²) in [7, 11) is 0. The second-order valence-electron chi connectivity index (χ2n) is 6.82. The quantitative estimate of drug-likeness (QED) is 0.577. The zero-order valence-electron chi connectivity index (χ0n) is 16.2. The van der Waals surface area contributed by atoms with Crippen molar-refractivity contribution in [2.75, 3.05) is 0 Å². The number of aryl methyl sites for hydroxylation is 2. The number of carbonyl (C=O) groups excluding carboxylic acids is 1. The second-order valence-corrected chi connectivity index (χ2v) is 8.13. The van der Waals surface area contributed by atoms with Gasteiger partial charge in [0.1, 0.15) is 0 Å². The summed E-state index contributed by atoms with van der Waals surface area (Å²) in [6.07, 6.45) is 1.90. The van der Waals surface area contributed by atoms with Gasteiger partial charge in [0, 0.05) is 12.6 Å². The molecule has 3 rings (SSSR count). The van der Waals surface area contributed by atoms with Crippen LogP contribution in [0.2, 0.25) is 0 Å². The molecular weight excluding hydrogens is 354 g/mol. The fourth-order valence-corrected chi connectivity index (χ4v) is 4.12. The van der Waals surface area contributed by atoms with Gasteiger partial charge in [-0.1, -0.05) is 54.2 Å². The molecule has 0 aliphatic heterocycles. The van der Waals surface area contributed by atoms with Crippen molar-refractivity contribution in [3.63, 3.8) is 0 Å². The van der Waals surface area contributed by atoms with Gasteiger partial charge in [-0.15, -0.1) is 0 Å². The number of aromatic nitrogens is 2. The summed E-state index contributed by atoms with van der Waals surface area (Å²) in [5.41, 5.74) is 3.40. The molecule has 0 unspecified atom stereocenters. The van der Waals surface area contributed by atoms with Crippen LogP contribution in [0.3, 0.4) is 0 Å². The molecule has 0 aliphatic rings. The first kappa shape index (κ1) is 19.5. The van der Waals surface area contributed by atoms with Crippen molar-refractivity contribution in [3.05, 3.63) is 60.2 Å². The predicted molar refractivity (Wildman–Crippen MR) is 113 cm³/mol. The van der Waals surface area contributed by atoms with E-state index in [0.717, 1.165) is 35.6 Å². The molecule has 2 atom stereocenters. The topological polar surface area (TPSA) is 46.9 Å². The van der Waals surface area contributed by atoms with E-state index in [1.807, 2.05) is 31.2 Å². The summed E-state index contributed by atoms with van der Waals surface area (Å²) in [5, 5.41) is 3.86. The van der Waals surface area contributed by atoms with Crippen LogP contribution < -0.4 is 5.32 Å². The molecule has 0 aliphatic carbocycles. The Balaban J connectivity index is 1.57. The molecule has 3 aromatic rings. The zero-order valence-corrected chi connectivity index (χ0v) is 17.0. The highest BCUT2D eigenvalue weighted by molar-refractivity contribution is 8.00. The maximum Gasteiger partial charge on any atom is 0.233 e. The van der Waals surface area contributed by atoms with Crippen molar-refractivity contribution in [1.29, 1.82) is 0 Å². The van der Waals surface area contributed by atoms with E-state index in [-0.39, 0.29) is 17.2 Å². The normalized spacial score (nSPS) is 13.4. The first-order valence-corrected chi connectivity index (χ1v) is 10.4. The molecule has 5 heteroatoms. The number of nitrogens with one attached hydrogen (secondary N) is 1. The van der Waals surface area contributed by atoms with E-state index in [1.54, 1.807) is 0 Å². The second kappa shape index (κ2) is 9.09. The highest BCUT2D eigenvalue weighted by Gasteiger charge is 2.20. The van der Waals surface area contributed by atoms with Crippen LogP contribution >= 0.6 is 11.8 Å². The molecule has 2 aromatic carbocycles. The van der Waals surface area contributed by atoms with Gasteiger partial charge in [0.25, 0.3) is 0 Å². The Bertz CT molecular complexity index is 891. The van der Waals surface area contributed by atoms with Crippen molar-refractivity contribution in [1.82, 2.24) is 14.9 Å². The third-order valence-electron chi connectivity index (χ3n) is 4.68. The first-order valence-electron chi connectivity index (χ1n) is 9.54. The lowest BCUT2D eigenvalue weighted by Gasteiger charge is -2.17. The van der Waals surface area contributed by atoms with Gasteiger partial charge in [0.05, 0.1) is 16.3 Å². The standard InChI is InChI=1S/C22H27N3OS/c1-4-25-20-13-9-8-12-19(20)24-22(25)27-17(3)21(26)23-16(2)14-15-18-10-6-5-7-11-18/h5-13,16-17H,4,14-15H2,1-3H3,(H,23,26)/t16-,17+/m0/s1. The molecule has 0 fully saturated rings. The number of hydrogen-bond acceptors (Lipinski definition) is 3. The third kappa shape index (κ3) is 4.92. The molecule has 1 N–H and O–H groups in total. The Morgan fingerprint density at radius 1 is 1.11 bits per heavy atom. The van der Waals surface area contributed by atoms with Crippen molar-refractivity contribution < 1.29 is 4.79 Å². The Morgan fingerprint density at radius 2 is 1.81 bits per heavy atom. The SMILES string of the molecule is CCn1c(S[C@H](C)C(=O)N[C@@H](C)CCc2ccccc2)nc2ccccc21. The van der Waals surface area contributed by atoms with Gasteiger partial charge in [-0.3, -0.25) is 4.79 Å². The van der Waals surface area contributed by atoms with E-state index < -0.39 is 0 Å². The largest absolute Gasteiger partial charge is 0.353 e. The Hall–Kier alpha value is -2.27. The van der Waals surface area contributed by atoms with Crippen LogP contribution in [0.1, 0.15) is 32.8 Å². The number of rotatable bonds is 8. The first-order chi connectivity index (χ1) is 13.1. The Kier molecular flexibility index (Phi) is 6.56. The summed E-state index contributed by atoms with van der Waals surface area (Å²) >= 11 is 1.52. The molecule has 1 aromatic heterocycles. The van der Waals surface area contributed by atoms with Gasteiger partial charge >= 0.3 is 0 Å². The minimum Gasteiger partial charge on any atom is -0.353 e. The van der Waals surface area contributed by atoms with Gasteiger partial charge in [-0.25, -0.2) is 4.98 Å². The molecule has 0 saturated carbocycles.